The molecule has 3 fully saturated rings. The molecule has 3 aliphatic rings. The second-order valence-corrected chi connectivity index (χ2v) is 16.4. The maximum absolute atomic E-state index is 3.39. The van der Waals surface area contributed by atoms with E-state index in [1.807, 2.05) is 0 Å². The summed E-state index contributed by atoms with van der Waals surface area (Å²) in [6.45, 7) is 0. The number of hydrogen-bond acceptors (Lipinski definition) is 2. The molecule has 0 radical (unpaired) electrons. The van der Waals surface area contributed by atoms with E-state index >= 15 is 0 Å². The molecule has 0 amide bonds. The molecule has 3 aliphatic heterocycles. The number of hydrogen-bond donors (Lipinski definition) is 0. The molecule has 0 spiro atoms. The van der Waals surface area contributed by atoms with Gasteiger partial charge in [-0.3, -0.25) is 0 Å². The quantitative estimate of drug-likeness (QED) is 0.326. The Hall–Kier alpha value is 2.52. The van der Waals surface area contributed by atoms with Crippen molar-refractivity contribution in [3.05, 3.63) is 0 Å². The second kappa shape index (κ2) is 8.57. The Balaban J connectivity index is 1.38. The van der Waals surface area contributed by atoms with Gasteiger partial charge in [0.2, 0.25) is 0 Å². The minimum absolute atomic E-state index is 0.886. The zero-order chi connectivity index (χ0) is 13.9. The zero-order valence-corrected chi connectivity index (χ0v) is 19.9. The fourth-order valence-corrected chi connectivity index (χ4v) is 15.2. The summed E-state index contributed by atoms with van der Waals surface area (Å²) in [5.74, 6) is 2.83. The van der Waals surface area contributed by atoms with Gasteiger partial charge >= 0.3 is 161 Å². The van der Waals surface area contributed by atoms with E-state index in [0.717, 1.165) is 50.0 Å². The third kappa shape index (κ3) is 6.56. The molecule has 3 heterocycles. The molecule has 3 rings (SSSR count). The van der Waals surface area contributed by atoms with Crippen molar-refractivity contribution in [2.24, 2.45) is 0 Å². The Morgan fingerprint density at radius 1 is 0.850 bits per heavy atom. The van der Waals surface area contributed by atoms with Crippen LogP contribution in [0.2, 0.25) is 20.3 Å². The van der Waals surface area contributed by atoms with Crippen molar-refractivity contribution in [1.82, 2.24) is 0 Å². The summed E-state index contributed by atoms with van der Waals surface area (Å²) in [6.07, 6.45) is 5.56. The molecular formula is C14H20S2Se4. The molecule has 4 atom stereocenters. The van der Waals surface area contributed by atoms with E-state index in [0.29, 0.717) is 0 Å². The zero-order valence-electron chi connectivity index (χ0n) is 11.4. The first kappa shape index (κ1) is 17.3. The van der Waals surface area contributed by atoms with Crippen LogP contribution >= 0.6 is 23.5 Å². The molecular weight excluding hydrogens is 548 g/mol. The first-order valence-corrected chi connectivity index (χ1v) is 15.4. The van der Waals surface area contributed by atoms with Crippen LogP contribution in [0.3, 0.4) is 0 Å². The van der Waals surface area contributed by atoms with Gasteiger partial charge in [-0.15, -0.1) is 0 Å². The van der Waals surface area contributed by atoms with Gasteiger partial charge in [0.15, 0.2) is 0 Å². The van der Waals surface area contributed by atoms with E-state index in [1.165, 1.54) is 37.2 Å². The van der Waals surface area contributed by atoms with Gasteiger partial charge in [-0.25, -0.2) is 0 Å². The summed E-state index contributed by atoms with van der Waals surface area (Å²) in [5, 5.41) is 5.08. The summed E-state index contributed by atoms with van der Waals surface area (Å²) in [7, 11) is 0. The molecule has 6 heteroatoms. The molecule has 4 unspecified atom stereocenters. The molecule has 3 saturated heterocycles. The topological polar surface area (TPSA) is 0 Å². The summed E-state index contributed by atoms with van der Waals surface area (Å²) in [6, 6.07) is 0. The van der Waals surface area contributed by atoms with Crippen LogP contribution in [0.25, 0.3) is 0 Å². The van der Waals surface area contributed by atoms with Crippen LogP contribution in [0, 0.1) is 0 Å². The van der Waals surface area contributed by atoms with Gasteiger partial charge in [-0.05, 0) is 0 Å². The van der Waals surface area contributed by atoms with Crippen molar-refractivity contribution in [1.29, 1.82) is 0 Å². The Kier molecular flexibility index (Phi) is 7.43. The molecule has 0 aromatic heterocycles. The van der Waals surface area contributed by atoms with Crippen molar-refractivity contribution >= 4 is 93.4 Å². The molecule has 0 nitrogen and oxygen atoms in total. The van der Waals surface area contributed by atoms with E-state index in [-0.39, 0.29) is 0 Å². The fraction of sp³-hybridized carbons (Fsp3) is 0.857. The first-order chi connectivity index (χ1) is 9.69. The Morgan fingerprint density at radius 3 is 1.70 bits per heavy atom. The molecule has 0 aromatic carbocycles. The molecule has 0 N–H and O–H groups in total. The third-order valence-corrected chi connectivity index (χ3v) is 14.8. The van der Waals surface area contributed by atoms with Crippen LogP contribution in [0.15, 0.2) is 0 Å². The first-order valence-electron chi connectivity index (χ1n) is 7.19. The van der Waals surface area contributed by atoms with Gasteiger partial charge < -0.3 is 0 Å². The number of rotatable bonds is 8. The third-order valence-electron chi connectivity index (χ3n) is 3.62. The van der Waals surface area contributed by atoms with Gasteiger partial charge in [-0.2, -0.15) is 0 Å². The SMILES string of the molecule is [Se]=C(CC1CS1)CC1C[Se]CC(CC(=[Se])CC2CS2)[Se]1. The molecule has 0 aliphatic carbocycles. The van der Waals surface area contributed by atoms with Crippen LogP contribution in [0.5, 0.6) is 0 Å². The predicted molar refractivity (Wildman–Crippen MR) is 101 cm³/mol. The predicted octanol–water partition coefficient (Wildman–Crippen LogP) is 2.29. The monoisotopic (exact) mass is 572 g/mol. The van der Waals surface area contributed by atoms with Crippen LogP contribution in [-0.2, 0) is 0 Å². The standard InChI is InChI=1S/C14H20S2Se4/c17-11(1-9-5-15-9)3-13-7-19-8-14(20-13)4-12(18)2-10-6-16-10/h9-10,13-14H,1-8H2. The summed E-state index contributed by atoms with van der Waals surface area (Å²) < 4.78 is 3.37. The Bertz CT molecular complexity index is 345. The fourth-order valence-electron chi connectivity index (χ4n) is 2.45. The van der Waals surface area contributed by atoms with E-state index in [1.54, 1.807) is 19.5 Å². The van der Waals surface area contributed by atoms with E-state index in [9.17, 15) is 0 Å². The Labute approximate surface area is 159 Å². The number of thioether (sulfide) groups is 2. The van der Waals surface area contributed by atoms with Crippen molar-refractivity contribution in [2.45, 2.75) is 56.5 Å². The van der Waals surface area contributed by atoms with Gasteiger partial charge in [0.1, 0.15) is 0 Å². The van der Waals surface area contributed by atoms with Gasteiger partial charge in [0.05, 0.1) is 0 Å². The van der Waals surface area contributed by atoms with Gasteiger partial charge in [0.25, 0.3) is 0 Å². The molecule has 0 bridgehead atoms. The van der Waals surface area contributed by atoms with Gasteiger partial charge in [0, 0.05) is 0 Å². The van der Waals surface area contributed by atoms with Crippen molar-refractivity contribution in [3.63, 3.8) is 0 Å². The van der Waals surface area contributed by atoms with Crippen LogP contribution < -0.4 is 0 Å². The normalized spacial score (nSPS) is 35.6. The van der Waals surface area contributed by atoms with Crippen molar-refractivity contribution < 1.29 is 0 Å². The average molecular weight is 568 g/mol. The summed E-state index contributed by atoms with van der Waals surface area (Å²) in [4.78, 5) is 2.12. The van der Waals surface area contributed by atoms with Crippen LogP contribution in [0.1, 0.15) is 25.7 Å². The summed E-state index contributed by atoms with van der Waals surface area (Å²) >= 11 is 12.9. The molecule has 112 valence electrons. The van der Waals surface area contributed by atoms with Crippen LogP contribution in [-0.4, -0.2) is 91.9 Å². The minimum atomic E-state index is 0.886. The Morgan fingerprint density at radius 2 is 1.30 bits per heavy atom. The maximum atomic E-state index is 3.39. The van der Waals surface area contributed by atoms with E-state index in [4.69, 9.17) is 0 Å². The van der Waals surface area contributed by atoms with E-state index < -0.39 is 0 Å². The van der Waals surface area contributed by atoms with Crippen molar-refractivity contribution in [2.75, 3.05) is 11.5 Å². The molecule has 20 heavy (non-hydrogen) atoms. The second-order valence-electron chi connectivity index (χ2n) is 5.72. The van der Waals surface area contributed by atoms with Crippen molar-refractivity contribution in [3.8, 4) is 0 Å². The van der Waals surface area contributed by atoms with Gasteiger partial charge in [-0.1, -0.05) is 0 Å². The van der Waals surface area contributed by atoms with Crippen LogP contribution in [0.4, 0.5) is 0 Å². The summed E-state index contributed by atoms with van der Waals surface area (Å²) in [5.41, 5.74) is 0. The molecule has 0 aromatic rings. The van der Waals surface area contributed by atoms with E-state index in [2.05, 4.69) is 54.7 Å². The molecule has 0 saturated carbocycles. The average Bonchev–Trinajstić information content (AvgIpc) is 3.26.